The van der Waals surface area contributed by atoms with Gasteiger partial charge in [0, 0.05) is 29.6 Å². The fraction of sp³-hybridized carbons (Fsp3) is 0.353. The number of amides is 1. The predicted molar refractivity (Wildman–Crippen MR) is 98.7 cm³/mol. The molecule has 0 spiro atoms. The van der Waals surface area contributed by atoms with Crippen molar-refractivity contribution in [1.82, 2.24) is 30.0 Å². The van der Waals surface area contributed by atoms with Crippen LogP contribution in [0.4, 0.5) is 0 Å². The van der Waals surface area contributed by atoms with E-state index in [-0.39, 0.29) is 18.6 Å². The topological polar surface area (TPSA) is 95.3 Å². The van der Waals surface area contributed by atoms with Crippen molar-refractivity contribution in [2.75, 3.05) is 26.3 Å². The molecule has 4 heterocycles. The number of aromatic nitrogens is 5. The number of rotatable bonds is 5. The summed E-state index contributed by atoms with van der Waals surface area (Å²) in [6, 6.07) is 5.49. The smallest absolute Gasteiger partial charge is 0.227 e. The van der Waals surface area contributed by atoms with E-state index >= 15 is 0 Å². The fourth-order valence-corrected chi connectivity index (χ4v) is 3.28. The molecule has 4 rings (SSSR count). The molecule has 1 amide bonds. The van der Waals surface area contributed by atoms with E-state index in [0.29, 0.717) is 37.3 Å². The average molecular weight is 433 g/mol. The molecular weight excluding hydrogens is 416 g/mol. The van der Waals surface area contributed by atoms with Crippen LogP contribution in [0.2, 0.25) is 0 Å². The van der Waals surface area contributed by atoms with Crippen molar-refractivity contribution in [1.29, 1.82) is 0 Å². The Labute approximate surface area is 163 Å². The number of carbonyl (C=O) groups is 1. The number of hydrogen-bond acceptors (Lipinski definition) is 7. The van der Waals surface area contributed by atoms with Crippen LogP contribution in [0.3, 0.4) is 0 Å². The lowest BCUT2D eigenvalue weighted by Crippen LogP contribution is -2.48. The van der Waals surface area contributed by atoms with Crippen LogP contribution in [-0.2, 0) is 16.0 Å². The van der Waals surface area contributed by atoms with Gasteiger partial charge in [0.15, 0.2) is 0 Å². The molecule has 27 heavy (non-hydrogen) atoms. The van der Waals surface area contributed by atoms with Gasteiger partial charge < -0.3 is 14.5 Å². The van der Waals surface area contributed by atoms with Crippen molar-refractivity contribution in [3.63, 3.8) is 0 Å². The van der Waals surface area contributed by atoms with Crippen LogP contribution < -0.4 is 4.84 Å². The first-order valence-corrected chi connectivity index (χ1v) is 9.27. The van der Waals surface area contributed by atoms with Crippen LogP contribution in [0.1, 0.15) is 5.56 Å². The van der Waals surface area contributed by atoms with Gasteiger partial charge in [-0.25, -0.2) is 4.98 Å². The molecule has 3 aromatic heterocycles. The summed E-state index contributed by atoms with van der Waals surface area (Å²) < 4.78 is 6.57. The molecule has 1 atom stereocenters. The largest absolute Gasteiger partial charge is 0.391 e. The summed E-state index contributed by atoms with van der Waals surface area (Å²) in [5, 5.41) is 7.92. The van der Waals surface area contributed by atoms with Crippen LogP contribution in [0.5, 0.6) is 0 Å². The number of morpholine rings is 1. The van der Waals surface area contributed by atoms with Crippen LogP contribution in [0.25, 0.3) is 11.2 Å². The molecule has 1 aliphatic heterocycles. The van der Waals surface area contributed by atoms with Gasteiger partial charge in [-0.2, -0.15) is 0 Å². The quantitative estimate of drug-likeness (QED) is 0.590. The molecule has 0 saturated carbocycles. The Balaban J connectivity index is 1.34. The van der Waals surface area contributed by atoms with E-state index in [9.17, 15) is 4.79 Å². The number of fused-ring (bicyclic) bond motifs is 1. The minimum absolute atomic E-state index is 0.0380. The molecule has 0 N–H and O–H groups in total. The van der Waals surface area contributed by atoms with Gasteiger partial charge in [0.05, 0.1) is 19.6 Å². The Morgan fingerprint density at radius 3 is 3.22 bits per heavy atom. The number of carbonyl (C=O) groups excluding carboxylic acids is 1. The van der Waals surface area contributed by atoms with Gasteiger partial charge in [0.25, 0.3) is 0 Å². The Kier molecular flexibility index (Phi) is 5.26. The third kappa shape index (κ3) is 4.22. The summed E-state index contributed by atoms with van der Waals surface area (Å²) in [6.07, 6.45) is 5.11. The number of nitrogens with zero attached hydrogens (tertiary/aromatic N) is 6. The van der Waals surface area contributed by atoms with E-state index in [1.165, 1.54) is 4.85 Å². The maximum atomic E-state index is 12.6. The zero-order chi connectivity index (χ0) is 18.6. The Morgan fingerprint density at radius 1 is 1.41 bits per heavy atom. The van der Waals surface area contributed by atoms with Crippen LogP contribution in [-0.4, -0.2) is 68.3 Å². The molecule has 0 radical (unpaired) electrons. The summed E-state index contributed by atoms with van der Waals surface area (Å²) >= 11 is 3.37. The second-order valence-electron chi connectivity index (χ2n) is 6.13. The van der Waals surface area contributed by atoms with Crippen LogP contribution in [0, 0.1) is 0 Å². The van der Waals surface area contributed by atoms with Crippen LogP contribution in [0.15, 0.2) is 41.3 Å². The van der Waals surface area contributed by atoms with Crippen molar-refractivity contribution < 1.29 is 14.4 Å². The summed E-state index contributed by atoms with van der Waals surface area (Å²) in [6.45, 7) is 1.73. The molecule has 0 bridgehead atoms. The monoisotopic (exact) mass is 432 g/mol. The molecular formula is C17H17BrN6O3. The van der Waals surface area contributed by atoms with E-state index in [4.69, 9.17) is 9.57 Å². The van der Waals surface area contributed by atoms with Crippen molar-refractivity contribution in [2.45, 2.75) is 12.5 Å². The number of ether oxygens (including phenoxy) is 1. The normalized spacial score (nSPS) is 17.2. The molecule has 0 aliphatic carbocycles. The van der Waals surface area contributed by atoms with Gasteiger partial charge in [0.1, 0.15) is 18.2 Å². The van der Waals surface area contributed by atoms with Crippen molar-refractivity contribution in [3.8, 4) is 0 Å². The Morgan fingerprint density at radius 2 is 2.33 bits per heavy atom. The van der Waals surface area contributed by atoms with Gasteiger partial charge >= 0.3 is 0 Å². The zero-order valence-corrected chi connectivity index (χ0v) is 15.9. The third-order valence-corrected chi connectivity index (χ3v) is 4.61. The minimum Gasteiger partial charge on any atom is -0.391 e. The molecule has 1 unspecified atom stereocenters. The minimum atomic E-state index is -0.244. The lowest BCUT2D eigenvalue weighted by atomic mass is 10.2. The van der Waals surface area contributed by atoms with Gasteiger partial charge in [-0.1, -0.05) is 4.85 Å². The van der Waals surface area contributed by atoms with Crippen molar-refractivity contribution in [2.24, 2.45) is 0 Å². The highest BCUT2D eigenvalue weighted by Crippen LogP contribution is 2.13. The fourth-order valence-electron chi connectivity index (χ4n) is 2.87. The average Bonchev–Trinajstić information content (AvgIpc) is 3.10. The maximum Gasteiger partial charge on any atom is 0.227 e. The molecule has 10 heteroatoms. The first-order chi connectivity index (χ1) is 13.2. The SMILES string of the molecule is O=C(Cc1cncc(Br)c1)N1CCOC(COn2nnc3cccnc32)C1. The van der Waals surface area contributed by atoms with E-state index in [1.54, 1.807) is 29.6 Å². The molecule has 0 aromatic carbocycles. The van der Waals surface area contributed by atoms with E-state index in [2.05, 4.69) is 36.2 Å². The highest BCUT2D eigenvalue weighted by molar-refractivity contribution is 9.10. The molecule has 1 aliphatic rings. The van der Waals surface area contributed by atoms with E-state index < -0.39 is 0 Å². The molecule has 140 valence electrons. The molecule has 1 fully saturated rings. The van der Waals surface area contributed by atoms with Crippen molar-refractivity contribution >= 4 is 33.0 Å². The summed E-state index contributed by atoms with van der Waals surface area (Å²) in [4.78, 5) is 29.6. The van der Waals surface area contributed by atoms with Gasteiger partial charge in [-0.15, -0.1) is 5.10 Å². The van der Waals surface area contributed by atoms with E-state index in [1.807, 2.05) is 12.1 Å². The molecule has 3 aromatic rings. The number of halogens is 1. The standard InChI is InChI=1S/C17H17BrN6O3/c18-13-6-12(8-19-9-13)7-16(25)23-4-5-26-14(10-23)11-27-24-17-15(21-22-24)2-1-3-20-17/h1-3,6,8-9,14H,4-5,7,10-11H2. The van der Waals surface area contributed by atoms with Gasteiger partial charge in [-0.05, 0) is 44.9 Å². The second kappa shape index (κ2) is 7.97. The Hall–Kier alpha value is -2.59. The zero-order valence-electron chi connectivity index (χ0n) is 14.4. The van der Waals surface area contributed by atoms with Gasteiger partial charge in [-0.3, -0.25) is 9.78 Å². The van der Waals surface area contributed by atoms with Gasteiger partial charge in [0.2, 0.25) is 11.6 Å². The predicted octanol–water partition coefficient (Wildman–Crippen LogP) is 0.882. The summed E-state index contributed by atoms with van der Waals surface area (Å²) in [5.41, 5.74) is 2.07. The summed E-state index contributed by atoms with van der Waals surface area (Å²) in [7, 11) is 0. The van der Waals surface area contributed by atoms with Crippen LogP contribution >= 0.6 is 15.9 Å². The third-order valence-electron chi connectivity index (χ3n) is 4.17. The lowest BCUT2D eigenvalue weighted by molar-refractivity contribution is -0.141. The Bertz CT molecular complexity index is 949. The van der Waals surface area contributed by atoms with E-state index in [0.717, 1.165) is 10.0 Å². The summed E-state index contributed by atoms with van der Waals surface area (Å²) in [5.74, 6) is 0.0380. The highest BCUT2D eigenvalue weighted by Gasteiger charge is 2.25. The highest BCUT2D eigenvalue weighted by atomic mass is 79.9. The molecule has 9 nitrogen and oxygen atoms in total. The first kappa shape index (κ1) is 17.8. The lowest BCUT2D eigenvalue weighted by Gasteiger charge is -2.32. The number of pyridine rings is 2. The van der Waals surface area contributed by atoms with Crippen molar-refractivity contribution in [3.05, 3.63) is 46.8 Å². The maximum absolute atomic E-state index is 12.6. The number of hydrogen-bond donors (Lipinski definition) is 0. The first-order valence-electron chi connectivity index (χ1n) is 8.47. The second-order valence-corrected chi connectivity index (χ2v) is 7.04. The molecule has 1 saturated heterocycles.